The molecule has 156 valence electrons. The lowest BCUT2D eigenvalue weighted by Gasteiger charge is -2.31. The van der Waals surface area contributed by atoms with Crippen LogP contribution in [0.5, 0.6) is 0 Å². The van der Waals surface area contributed by atoms with Crippen molar-refractivity contribution in [1.29, 1.82) is 0 Å². The van der Waals surface area contributed by atoms with E-state index >= 15 is 0 Å². The third-order valence-corrected chi connectivity index (χ3v) is 6.72. The summed E-state index contributed by atoms with van der Waals surface area (Å²) in [6, 6.07) is 12.4. The quantitative estimate of drug-likeness (QED) is 0.542. The monoisotopic (exact) mass is 454 g/mol. The molecule has 0 aliphatic carbocycles. The van der Waals surface area contributed by atoms with Gasteiger partial charge in [0.25, 0.3) is 0 Å². The lowest BCUT2D eigenvalue weighted by Crippen LogP contribution is -2.40. The first-order valence-corrected chi connectivity index (χ1v) is 11.7. The molecule has 0 radical (unpaired) electrons. The summed E-state index contributed by atoms with van der Waals surface area (Å²) in [5, 5.41) is 4.36. The van der Waals surface area contributed by atoms with Crippen molar-refractivity contribution in [3.63, 3.8) is 0 Å². The summed E-state index contributed by atoms with van der Waals surface area (Å²) in [6.07, 6.45) is 1.63. The van der Waals surface area contributed by atoms with Crippen LogP contribution in [-0.2, 0) is 17.1 Å². The summed E-state index contributed by atoms with van der Waals surface area (Å²) in [6.45, 7) is 2.88. The summed E-state index contributed by atoms with van der Waals surface area (Å²) < 4.78 is 13.8. The highest BCUT2D eigenvalue weighted by Crippen LogP contribution is 2.24. The molecule has 29 heavy (non-hydrogen) atoms. The number of amides is 1. The fraction of sp³-hybridized carbons (Fsp3) is 0.409. The molecule has 1 aliphatic rings. The van der Waals surface area contributed by atoms with Crippen molar-refractivity contribution >= 4 is 40.9 Å². The Balaban J connectivity index is 1.32. The minimum Gasteiger partial charge on any atom is -0.355 e. The Kier molecular flexibility index (Phi) is 8.67. The molecule has 0 bridgehead atoms. The Morgan fingerprint density at radius 1 is 1.14 bits per heavy atom. The zero-order valence-electron chi connectivity index (χ0n) is 16.2. The molecule has 1 saturated heterocycles. The third-order valence-electron chi connectivity index (χ3n) is 5.13. The molecule has 0 unspecified atom stereocenters. The van der Waals surface area contributed by atoms with Crippen LogP contribution in [0.2, 0.25) is 10.0 Å². The molecule has 1 amide bonds. The molecule has 1 heterocycles. The number of piperidine rings is 1. The largest absolute Gasteiger partial charge is 0.355 e. The van der Waals surface area contributed by atoms with E-state index in [1.807, 2.05) is 24.3 Å². The van der Waals surface area contributed by atoms with Crippen LogP contribution >= 0.6 is 35.0 Å². The molecule has 1 aliphatic heterocycles. The van der Waals surface area contributed by atoms with Crippen molar-refractivity contribution in [2.45, 2.75) is 25.1 Å². The molecule has 0 saturated carbocycles. The lowest BCUT2D eigenvalue weighted by molar-refractivity contribution is -0.126. The predicted octanol–water partition coefficient (Wildman–Crippen LogP) is 5.39. The molecule has 3 rings (SSSR count). The van der Waals surface area contributed by atoms with Gasteiger partial charge in [0, 0.05) is 46.1 Å². The highest BCUT2D eigenvalue weighted by Gasteiger charge is 2.25. The minimum atomic E-state index is -0.162. The molecule has 0 atom stereocenters. The summed E-state index contributed by atoms with van der Waals surface area (Å²) in [7, 11) is 0. The summed E-state index contributed by atoms with van der Waals surface area (Å²) in [4.78, 5) is 14.6. The summed E-state index contributed by atoms with van der Waals surface area (Å²) in [5.41, 5.74) is 1.77. The van der Waals surface area contributed by atoms with Gasteiger partial charge in [0.15, 0.2) is 0 Å². The first-order chi connectivity index (χ1) is 14.0. The SMILES string of the molecule is O=C(NCCSCc1ccc(Cl)cc1Cl)C1CCN(Cc2ccccc2F)CC1. The lowest BCUT2D eigenvalue weighted by atomic mass is 9.95. The Morgan fingerprint density at radius 2 is 1.90 bits per heavy atom. The average Bonchev–Trinajstić information content (AvgIpc) is 2.71. The molecule has 2 aromatic carbocycles. The minimum absolute atomic E-state index is 0.0441. The van der Waals surface area contributed by atoms with Crippen molar-refractivity contribution in [2.75, 3.05) is 25.4 Å². The van der Waals surface area contributed by atoms with Gasteiger partial charge in [-0.05, 0) is 49.7 Å². The van der Waals surface area contributed by atoms with Gasteiger partial charge >= 0.3 is 0 Å². The van der Waals surface area contributed by atoms with Crippen molar-refractivity contribution in [2.24, 2.45) is 5.92 Å². The van der Waals surface area contributed by atoms with E-state index in [1.165, 1.54) is 6.07 Å². The maximum Gasteiger partial charge on any atom is 0.223 e. The Morgan fingerprint density at radius 3 is 2.62 bits per heavy atom. The van der Waals surface area contributed by atoms with Gasteiger partial charge in [0.2, 0.25) is 5.91 Å². The van der Waals surface area contributed by atoms with Crippen molar-refractivity contribution in [1.82, 2.24) is 10.2 Å². The van der Waals surface area contributed by atoms with Crippen molar-refractivity contribution in [3.05, 3.63) is 69.5 Å². The summed E-state index contributed by atoms with van der Waals surface area (Å²) in [5.74, 6) is 1.63. The first-order valence-electron chi connectivity index (χ1n) is 9.78. The van der Waals surface area contributed by atoms with Gasteiger partial charge in [-0.1, -0.05) is 47.5 Å². The smallest absolute Gasteiger partial charge is 0.223 e. The van der Waals surface area contributed by atoms with E-state index in [2.05, 4.69) is 10.2 Å². The Labute approximate surface area is 185 Å². The van der Waals surface area contributed by atoms with Crippen LogP contribution in [0.25, 0.3) is 0 Å². The third kappa shape index (κ3) is 6.88. The number of hydrogen-bond acceptors (Lipinski definition) is 3. The van der Waals surface area contributed by atoms with Crippen molar-refractivity contribution < 1.29 is 9.18 Å². The van der Waals surface area contributed by atoms with E-state index in [0.717, 1.165) is 43.0 Å². The normalized spacial score (nSPS) is 15.4. The molecule has 0 spiro atoms. The second kappa shape index (κ2) is 11.2. The first kappa shape index (κ1) is 22.4. The van der Waals surface area contributed by atoms with Crippen LogP contribution in [0.1, 0.15) is 24.0 Å². The van der Waals surface area contributed by atoms with Crippen LogP contribution in [0, 0.1) is 11.7 Å². The number of rotatable bonds is 8. The second-order valence-electron chi connectivity index (χ2n) is 7.22. The zero-order chi connectivity index (χ0) is 20.6. The standard InChI is InChI=1S/C22H25Cl2FN2OS/c23-19-6-5-18(20(24)13-19)15-29-12-9-26-22(28)16-7-10-27(11-8-16)14-17-3-1-2-4-21(17)25/h1-6,13,16H,7-12,14-15H2,(H,26,28). The van der Waals surface area contributed by atoms with E-state index in [9.17, 15) is 9.18 Å². The van der Waals surface area contributed by atoms with Crippen LogP contribution in [0.3, 0.4) is 0 Å². The predicted molar refractivity (Wildman–Crippen MR) is 120 cm³/mol. The molecule has 0 aromatic heterocycles. The highest BCUT2D eigenvalue weighted by atomic mass is 35.5. The number of halogens is 3. The number of carbonyl (C=O) groups is 1. The topological polar surface area (TPSA) is 32.3 Å². The molecular weight excluding hydrogens is 430 g/mol. The highest BCUT2D eigenvalue weighted by molar-refractivity contribution is 7.98. The number of nitrogens with one attached hydrogen (secondary N) is 1. The van der Waals surface area contributed by atoms with Gasteiger partial charge in [0.05, 0.1) is 0 Å². The van der Waals surface area contributed by atoms with Gasteiger partial charge in [-0.2, -0.15) is 11.8 Å². The maximum absolute atomic E-state index is 13.8. The molecule has 7 heteroatoms. The van der Waals surface area contributed by atoms with E-state index in [1.54, 1.807) is 23.9 Å². The number of carbonyl (C=O) groups excluding carboxylic acids is 1. The van der Waals surface area contributed by atoms with Crippen LogP contribution in [0.4, 0.5) is 4.39 Å². The molecule has 1 N–H and O–H groups in total. The Hall–Kier alpha value is -1.27. The fourth-order valence-electron chi connectivity index (χ4n) is 3.43. The number of thioether (sulfide) groups is 1. The van der Waals surface area contributed by atoms with E-state index in [0.29, 0.717) is 28.7 Å². The van der Waals surface area contributed by atoms with Crippen LogP contribution in [-0.4, -0.2) is 36.2 Å². The number of hydrogen-bond donors (Lipinski definition) is 1. The van der Waals surface area contributed by atoms with E-state index < -0.39 is 0 Å². The number of nitrogens with zero attached hydrogens (tertiary/aromatic N) is 1. The number of likely N-dealkylation sites (tertiary alicyclic amines) is 1. The second-order valence-corrected chi connectivity index (χ2v) is 9.17. The number of benzene rings is 2. The molecule has 3 nitrogen and oxygen atoms in total. The van der Waals surface area contributed by atoms with E-state index in [-0.39, 0.29) is 17.6 Å². The average molecular weight is 455 g/mol. The molecular formula is C22H25Cl2FN2OS. The van der Waals surface area contributed by atoms with Gasteiger partial charge in [-0.3, -0.25) is 9.69 Å². The zero-order valence-corrected chi connectivity index (χ0v) is 18.5. The van der Waals surface area contributed by atoms with Crippen molar-refractivity contribution in [3.8, 4) is 0 Å². The molecule has 1 fully saturated rings. The maximum atomic E-state index is 13.8. The Bertz CT molecular complexity index is 828. The molecule has 2 aromatic rings. The van der Waals surface area contributed by atoms with Gasteiger partial charge < -0.3 is 5.32 Å². The fourth-order valence-corrected chi connectivity index (χ4v) is 4.85. The van der Waals surface area contributed by atoms with Gasteiger partial charge in [-0.15, -0.1) is 0 Å². The van der Waals surface area contributed by atoms with Crippen LogP contribution in [0.15, 0.2) is 42.5 Å². The van der Waals surface area contributed by atoms with Crippen LogP contribution < -0.4 is 5.32 Å². The van der Waals surface area contributed by atoms with Gasteiger partial charge in [0.1, 0.15) is 5.82 Å². The summed E-state index contributed by atoms with van der Waals surface area (Å²) >= 11 is 13.8. The van der Waals surface area contributed by atoms with Gasteiger partial charge in [-0.25, -0.2) is 4.39 Å². The van der Waals surface area contributed by atoms with E-state index in [4.69, 9.17) is 23.2 Å².